The van der Waals surface area contributed by atoms with Crippen molar-refractivity contribution in [2.24, 2.45) is 5.92 Å². The monoisotopic (exact) mass is 302 g/mol. The Morgan fingerprint density at radius 2 is 1.86 bits per heavy atom. The SMILES string of the molecule is O=C(NC1CCN(CCOc2ccccc2)CC1)C1CCC1. The number of hydrogen-bond acceptors (Lipinski definition) is 3. The van der Waals surface area contributed by atoms with Crippen LogP contribution in [0.3, 0.4) is 0 Å². The molecule has 1 amide bonds. The molecule has 2 fully saturated rings. The minimum atomic E-state index is 0.289. The molecule has 4 heteroatoms. The number of carbonyl (C=O) groups is 1. The molecule has 0 atom stereocenters. The molecule has 1 aromatic carbocycles. The van der Waals surface area contributed by atoms with E-state index in [2.05, 4.69) is 10.2 Å². The van der Waals surface area contributed by atoms with E-state index in [0.29, 0.717) is 12.0 Å². The molecule has 2 aliphatic rings. The predicted molar refractivity (Wildman–Crippen MR) is 86.9 cm³/mol. The average Bonchev–Trinajstić information content (AvgIpc) is 2.48. The first-order valence-corrected chi connectivity index (χ1v) is 8.52. The molecule has 22 heavy (non-hydrogen) atoms. The largest absolute Gasteiger partial charge is 0.492 e. The van der Waals surface area contributed by atoms with Gasteiger partial charge in [0.1, 0.15) is 12.4 Å². The van der Waals surface area contributed by atoms with Gasteiger partial charge in [0.25, 0.3) is 0 Å². The first-order valence-electron chi connectivity index (χ1n) is 8.52. The van der Waals surface area contributed by atoms with E-state index in [9.17, 15) is 4.79 Å². The zero-order chi connectivity index (χ0) is 15.2. The minimum absolute atomic E-state index is 0.289. The highest BCUT2D eigenvalue weighted by molar-refractivity contribution is 5.79. The number of hydrogen-bond donors (Lipinski definition) is 1. The van der Waals surface area contributed by atoms with E-state index in [4.69, 9.17) is 4.74 Å². The van der Waals surface area contributed by atoms with E-state index in [1.54, 1.807) is 0 Å². The molecule has 0 spiro atoms. The zero-order valence-corrected chi connectivity index (χ0v) is 13.2. The molecule has 1 aromatic rings. The maximum absolute atomic E-state index is 12.0. The second kappa shape index (κ2) is 7.63. The van der Waals surface area contributed by atoms with Gasteiger partial charge in [-0.3, -0.25) is 9.69 Å². The molecule has 0 bridgehead atoms. The van der Waals surface area contributed by atoms with E-state index in [-0.39, 0.29) is 5.91 Å². The Hall–Kier alpha value is -1.55. The van der Waals surface area contributed by atoms with Crippen LogP contribution in [-0.2, 0) is 4.79 Å². The zero-order valence-electron chi connectivity index (χ0n) is 13.2. The van der Waals surface area contributed by atoms with Crippen LogP contribution >= 0.6 is 0 Å². The molecule has 0 unspecified atom stereocenters. The molecule has 1 N–H and O–H groups in total. The predicted octanol–water partition coefficient (Wildman–Crippen LogP) is 2.45. The Bertz CT molecular complexity index is 465. The van der Waals surface area contributed by atoms with Gasteiger partial charge in [-0.15, -0.1) is 0 Å². The number of piperidine rings is 1. The van der Waals surface area contributed by atoms with Crippen LogP contribution in [0.15, 0.2) is 30.3 Å². The van der Waals surface area contributed by atoms with Crippen molar-refractivity contribution in [3.8, 4) is 5.75 Å². The Morgan fingerprint density at radius 1 is 1.14 bits per heavy atom. The van der Waals surface area contributed by atoms with Crippen molar-refractivity contribution in [1.29, 1.82) is 0 Å². The minimum Gasteiger partial charge on any atom is -0.492 e. The first-order chi connectivity index (χ1) is 10.8. The highest BCUT2D eigenvalue weighted by Crippen LogP contribution is 2.26. The summed E-state index contributed by atoms with van der Waals surface area (Å²) in [5, 5.41) is 3.23. The van der Waals surface area contributed by atoms with Gasteiger partial charge >= 0.3 is 0 Å². The number of benzene rings is 1. The molecule has 3 rings (SSSR count). The lowest BCUT2D eigenvalue weighted by atomic mass is 9.84. The normalized spacial score (nSPS) is 20.4. The van der Waals surface area contributed by atoms with Crippen LogP contribution in [0.5, 0.6) is 5.75 Å². The van der Waals surface area contributed by atoms with Gasteiger partial charge in [-0.05, 0) is 37.8 Å². The summed E-state index contributed by atoms with van der Waals surface area (Å²) < 4.78 is 5.74. The third kappa shape index (κ3) is 4.23. The summed E-state index contributed by atoms with van der Waals surface area (Å²) in [5.74, 6) is 1.53. The number of carbonyl (C=O) groups excluding carboxylic acids is 1. The van der Waals surface area contributed by atoms with Gasteiger partial charge in [0.15, 0.2) is 0 Å². The van der Waals surface area contributed by atoms with Gasteiger partial charge in [0.2, 0.25) is 5.91 Å². The lowest BCUT2D eigenvalue weighted by Gasteiger charge is -2.34. The van der Waals surface area contributed by atoms with Gasteiger partial charge in [0.05, 0.1) is 0 Å². The quantitative estimate of drug-likeness (QED) is 0.877. The number of para-hydroxylation sites is 1. The van der Waals surface area contributed by atoms with Crippen molar-refractivity contribution in [3.05, 3.63) is 30.3 Å². The van der Waals surface area contributed by atoms with Crippen molar-refractivity contribution < 1.29 is 9.53 Å². The van der Waals surface area contributed by atoms with Crippen LogP contribution in [0.4, 0.5) is 0 Å². The summed E-state index contributed by atoms with van der Waals surface area (Å²) in [5.41, 5.74) is 0. The summed E-state index contributed by atoms with van der Waals surface area (Å²) in [6, 6.07) is 10.3. The molecular formula is C18H26N2O2. The molecule has 120 valence electrons. The summed E-state index contributed by atoms with van der Waals surface area (Å²) in [6.45, 7) is 3.78. The van der Waals surface area contributed by atoms with Crippen molar-refractivity contribution in [2.75, 3.05) is 26.2 Å². The number of ether oxygens (including phenoxy) is 1. The van der Waals surface area contributed by atoms with Gasteiger partial charge in [-0.1, -0.05) is 24.6 Å². The smallest absolute Gasteiger partial charge is 0.223 e. The topological polar surface area (TPSA) is 41.6 Å². The van der Waals surface area contributed by atoms with Crippen molar-refractivity contribution >= 4 is 5.91 Å². The fourth-order valence-corrected chi connectivity index (χ4v) is 3.10. The van der Waals surface area contributed by atoms with E-state index in [0.717, 1.165) is 57.7 Å². The van der Waals surface area contributed by atoms with Crippen LogP contribution in [0, 0.1) is 5.92 Å². The number of amides is 1. The number of rotatable bonds is 6. The van der Waals surface area contributed by atoms with Crippen molar-refractivity contribution in [3.63, 3.8) is 0 Å². The molecule has 1 aliphatic heterocycles. The molecule has 4 nitrogen and oxygen atoms in total. The molecule has 1 saturated carbocycles. The van der Waals surface area contributed by atoms with E-state index in [1.807, 2.05) is 30.3 Å². The van der Waals surface area contributed by atoms with Gasteiger partial charge in [-0.2, -0.15) is 0 Å². The Labute approximate surface area is 132 Å². The van der Waals surface area contributed by atoms with E-state index >= 15 is 0 Å². The van der Waals surface area contributed by atoms with Crippen LogP contribution in [0.1, 0.15) is 32.1 Å². The van der Waals surface area contributed by atoms with Crippen LogP contribution in [0.2, 0.25) is 0 Å². The van der Waals surface area contributed by atoms with Gasteiger partial charge < -0.3 is 10.1 Å². The number of likely N-dealkylation sites (tertiary alicyclic amines) is 1. The molecule has 1 saturated heterocycles. The fraction of sp³-hybridized carbons (Fsp3) is 0.611. The van der Waals surface area contributed by atoms with Gasteiger partial charge in [0, 0.05) is 31.6 Å². The molecule has 1 heterocycles. The Morgan fingerprint density at radius 3 is 2.50 bits per heavy atom. The van der Waals surface area contributed by atoms with Crippen LogP contribution in [0.25, 0.3) is 0 Å². The third-order valence-electron chi connectivity index (χ3n) is 4.83. The third-order valence-corrected chi connectivity index (χ3v) is 4.83. The Kier molecular flexibility index (Phi) is 5.33. The summed E-state index contributed by atoms with van der Waals surface area (Å²) in [7, 11) is 0. The summed E-state index contributed by atoms with van der Waals surface area (Å²) >= 11 is 0. The van der Waals surface area contributed by atoms with E-state index in [1.165, 1.54) is 6.42 Å². The standard InChI is InChI=1S/C18H26N2O2/c21-18(15-5-4-6-15)19-16-9-11-20(12-10-16)13-14-22-17-7-2-1-3-8-17/h1-3,7-8,15-16H,4-6,9-14H2,(H,19,21). The van der Waals surface area contributed by atoms with Crippen LogP contribution in [-0.4, -0.2) is 43.1 Å². The maximum atomic E-state index is 12.0. The number of nitrogens with zero attached hydrogens (tertiary/aromatic N) is 1. The summed E-state index contributed by atoms with van der Waals surface area (Å²) in [4.78, 5) is 14.4. The highest BCUT2D eigenvalue weighted by atomic mass is 16.5. The second-order valence-electron chi connectivity index (χ2n) is 6.41. The summed E-state index contributed by atoms with van der Waals surface area (Å²) in [6.07, 6.45) is 5.51. The maximum Gasteiger partial charge on any atom is 0.223 e. The van der Waals surface area contributed by atoms with Gasteiger partial charge in [-0.25, -0.2) is 0 Å². The number of nitrogens with one attached hydrogen (secondary N) is 1. The molecule has 0 radical (unpaired) electrons. The second-order valence-corrected chi connectivity index (χ2v) is 6.41. The van der Waals surface area contributed by atoms with Crippen molar-refractivity contribution in [1.82, 2.24) is 10.2 Å². The first kappa shape index (κ1) is 15.3. The average molecular weight is 302 g/mol. The molecular weight excluding hydrogens is 276 g/mol. The Balaban J connectivity index is 1.31. The molecule has 0 aromatic heterocycles. The fourth-order valence-electron chi connectivity index (χ4n) is 3.10. The van der Waals surface area contributed by atoms with Crippen molar-refractivity contribution in [2.45, 2.75) is 38.1 Å². The lowest BCUT2D eigenvalue weighted by molar-refractivity contribution is -0.128. The lowest BCUT2D eigenvalue weighted by Crippen LogP contribution is -2.47. The van der Waals surface area contributed by atoms with Crippen LogP contribution < -0.4 is 10.1 Å². The molecule has 1 aliphatic carbocycles. The highest BCUT2D eigenvalue weighted by Gasteiger charge is 2.28. The van der Waals surface area contributed by atoms with E-state index < -0.39 is 0 Å².